The van der Waals surface area contributed by atoms with Crippen LogP contribution in [0.15, 0.2) is 53.5 Å². The van der Waals surface area contributed by atoms with Crippen LogP contribution in [0.5, 0.6) is 0 Å². The van der Waals surface area contributed by atoms with Crippen LogP contribution < -0.4 is 0 Å². The van der Waals surface area contributed by atoms with E-state index in [9.17, 15) is 0 Å². The minimum atomic E-state index is -1.24. The van der Waals surface area contributed by atoms with Crippen LogP contribution >= 0.6 is 7.05 Å². The summed E-state index contributed by atoms with van der Waals surface area (Å²) in [7, 11) is -1.24. The van der Waals surface area contributed by atoms with Gasteiger partial charge >= 0.3 is 0 Å². The van der Waals surface area contributed by atoms with Gasteiger partial charge in [0.15, 0.2) is 0 Å². The van der Waals surface area contributed by atoms with Gasteiger partial charge in [-0.2, -0.15) is 0 Å². The second-order valence-corrected chi connectivity index (χ2v) is 11.1. The van der Waals surface area contributed by atoms with Crippen LogP contribution in [-0.2, 0) is 21.7 Å². The molecule has 0 unspecified atom stereocenters. The zero-order valence-electron chi connectivity index (χ0n) is 15.5. The third-order valence-corrected chi connectivity index (χ3v) is 9.43. The minimum Gasteiger partial charge on any atom is -0.271 e. The molecule has 0 amide bonds. The summed E-state index contributed by atoms with van der Waals surface area (Å²) in [6.45, 7) is 19.5. The van der Waals surface area contributed by atoms with Crippen molar-refractivity contribution in [2.45, 2.75) is 71.9 Å². The van der Waals surface area contributed by atoms with Crippen molar-refractivity contribution in [3.05, 3.63) is 48.7 Å². The maximum atomic E-state index is 5.22. The van der Waals surface area contributed by atoms with Gasteiger partial charge < -0.3 is 0 Å². The molecule has 0 spiro atoms. The molecular weight excluding hydrogens is 321 g/mol. The number of nitrogens with zero attached hydrogens (tertiary/aromatic N) is 1. The van der Waals surface area contributed by atoms with Crippen LogP contribution in [0.1, 0.15) is 54.9 Å². The maximum Gasteiger partial charge on any atom is 0.0425 e. The quantitative estimate of drug-likeness (QED) is 0.286. The fourth-order valence-electron chi connectivity index (χ4n) is 3.00. The van der Waals surface area contributed by atoms with Gasteiger partial charge in [0.25, 0.3) is 0 Å². The Morgan fingerprint density at radius 2 is 1.59 bits per heavy atom. The van der Waals surface area contributed by atoms with Gasteiger partial charge in [0.2, 0.25) is 0 Å². The van der Waals surface area contributed by atoms with Crippen molar-refractivity contribution in [1.82, 2.24) is 0 Å². The normalized spacial score (nSPS) is 14.0. The van der Waals surface area contributed by atoms with Gasteiger partial charge in [-0.15, -0.1) is 0 Å². The fourth-order valence-corrected chi connectivity index (χ4v) is 7.87. The van der Waals surface area contributed by atoms with Crippen molar-refractivity contribution in [3.63, 3.8) is 0 Å². The molecule has 0 atom stereocenters. The molecule has 3 heteroatoms. The zero-order chi connectivity index (χ0) is 16.5. The Labute approximate surface area is 154 Å². The van der Waals surface area contributed by atoms with E-state index in [-0.39, 0.29) is 21.7 Å². The molecule has 1 nitrogen and oxygen atoms in total. The van der Waals surface area contributed by atoms with E-state index in [2.05, 4.69) is 66.3 Å². The van der Waals surface area contributed by atoms with Crippen LogP contribution in [-0.4, -0.2) is 17.0 Å². The predicted molar refractivity (Wildman–Crippen MR) is 102 cm³/mol. The SMILES string of the molecule is C=CC=CC.CC(C)P(=NC1=CC=CC1)(C(C)C)C(C)C.[Ti]. The van der Waals surface area contributed by atoms with E-state index in [1.807, 2.05) is 19.1 Å². The van der Waals surface area contributed by atoms with Gasteiger partial charge in [0, 0.05) is 33.8 Å². The number of allylic oxidation sites excluding steroid dienone is 6. The van der Waals surface area contributed by atoms with Crippen molar-refractivity contribution in [2.24, 2.45) is 4.74 Å². The monoisotopic (exact) mass is 355 g/mol. The largest absolute Gasteiger partial charge is 0.271 e. The molecule has 0 radical (unpaired) electrons. The molecule has 124 valence electrons. The number of rotatable bonds is 5. The fraction of sp³-hybridized carbons (Fsp3) is 0.579. The van der Waals surface area contributed by atoms with Crippen molar-refractivity contribution in [2.75, 3.05) is 0 Å². The summed E-state index contributed by atoms with van der Waals surface area (Å²) in [5.74, 6) is 0. The van der Waals surface area contributed by atoms with Gasteiger partial charge in [0.05, 0.1) is 0 Å². The zero-order valence-corrected chi connectivity index (χ0v) is 18.0. The smallest absolute Gasteiger partial charge is 0.0425 e. The molecule has 0 aromatic heterocycles. The summed E-state index contributed by atoms with van der Waals surface area (Å²) in [5, 5.41) is 0. The van der Waals surface area contributed by atoms with E-state index in [4.69, 9.17) is 4.74 Å². The summed E-state index contributed by atoms with van der Waals surface area (Å²) >= 11 is 0. The molecule has 0 saturated heterocycles. The Balaban J connectivity index is 0. The first-order valence-electron chi connectivity index (χ1n) is 8.03. The molecule has 0 fully saturated rings. The van der Waals surface area contributed by atoms with Crippen LogP contribution in [0.3, 0.4) is 0 Å². The molecule has 1 aliphatic rings. The average molecular weight is 355 g/mol. The summed E-state index contributed by atoms with van der Waals surface area (Å²) in [6.07, 6.45) is 13.1. The van der Waals surface area contributed by atoms with Gasteiger partial charge in [-0.05, 0) is 37.0 Å². The molecule has 0 N–H and O–H groups in total. The van der Waals surface area contributed by atoms with Crippen molar-refractivity contribution in [3.8, 4) is 0 Å². The molecule has 0 aliphatic heterocycles. The third-order valence-electron chi connectivity index (χ3n) is 3.86. The Kier molecular flexibility index (Phi) is 13.6. The molecular formula is C19H34NPTi. The van der Waals surface area contributed by atoms with E-state index in [0.29, 0.717) is 17.0 Å². The molecule has 0 aromatic carbocycles. The molecule has 0 heterocycles. The number of hydrogen-bond donors (Lipinski definition) is 0. The topological polar surface area (TPSA) is 12.4 Å². The van der Waals surface area contributed by atoms with Crippen molar-refractivity contribution >= 4 is 7.05 Å². The van der Waals surface area contributed by atoms with Crippen LogP contribution in [0, 0.1) is 0 Å². The first-order valence-corrected chi connectivity index (χ1v) is 9.98. The van der Waals surface area contributed by atoms with E-state index in [1.165, 1.54) is 5.70 Å². The molecule has 0 aromatic rings. The molecule has 0 saturated carbocycles. The second kappa shape index (κ2) is 12.3. The van der Waals surface area contributed by atoms with Crippen LogP contribution in [0.2, 0.25) is 0 Å². The van der Waals surface area contributed by atoms with Gasteiger partial charge in [0.1, 0.15) is 0 Å². The van der Waals surface area contributed by atoms with Crippen molar-refractivity contribution < 1.29 is 21.7 Å². The van der Waals surface area contributed by atoms with Gasteiger partial charge in [-0.3, -0.25) is 4.74 Å². The first-order chi connectivity index (χ1) is 9.82. The van der Waals surface area contributed by atoms with E-state index in [1.54, 1.807) is 6.08 Å². The standard InChI is InChI=1S/C14H26NP.C5H8.Ti/c1-11(2)16(12(3)4,13(5)6)15-14-9-7-8-10-14;1-3-5-4-2;/h7-9,11-13H,10H2,1-6H3;3-5H,1H2,2H3;. The number of hydrogen-bond acceptors (Lipinski definition) is 1. The van der Waals surface area contributed by atoms with Gasteiger partial charge in [-0.1, -0.05) is 78.5 Å². The summed E-state index contributed by atoms with van der Waals surface area (Å²) in [4.78, 5) is 0. The summed E-state index contributed by atoms with van der Waals surface area (Å²) in [5.41, 5.74) is 3.36. The summed E-state index contributed by atoms with van der Waals surface area (Å²) < 4.78 is 5.22. The third kappa shape index (κ3) is 6.99. The molecule has 22 heavy (non-hydrogen) atoms. The molecule has 1 aliphatic carbocycles. The van der Waals surface area contributed by atoms with E-state index in [0.717, 1.165) is 6.42 Å². The molecule has 1 rings (SSSR count). The van der Waals surface area contributed by atoms with E-state index < -0.39 is 7.05 Å². The second-order valence-electron chi connectivity index (χ2n) is 6.23. The predicted octanol–water partition coefficient (Wildman–Crippen LogP) is 7.00. The minimum absolute atomic E-state index is 0. The first kappa shape index (κ1) is 24.2. The molecule has 0 bridgehead atoms. The Bertz CT molecular complexity index is 426. The average Bonchev–Trinajstić information content (AvgIpc) is 2.89. The Morgan fingerprint density at radius 3 is 1.82 bits per heavy atom. The maximum absolute atomic E-state index is 5.22. The van der Waals surface area contributed by atoms with Gasteiger partial charge in [-0.25, -0.2) is 0 Å². The van der Waals surface area contributed by atoms with Crippen molar-refractivity contribution in [1.29, 1.82) is 0 Å². The summed E-state index contributed by atoms with van der Waals surface area (Å²) in [6, 6.07) is 0. The van der Waals surface area contributed by atoms with Crippen LogP contribution in [0.4, 0.5) is 0 Å². The Morgan fingerprint density at radius 1 is 1.09 bits per heavy atom. The Hall–Kier alpha value is -0.0957. The van der Waals surface area contributed by atoms with Crippen LogP contribution in [0.25, 0.3) is 0 Å². The van der Waals surface area contributed by atoms with E-state index >= 15 is 0 Å².